The molecule has 1 amide bonds. The number of sulfonamides is 1. The lowest BCUT2D eigenvalue weighted by molar-refractivity contribution is -0.130. The van der Waals surface area contributed by atoms with Crippen LogP contribution in [-0.2, 0) is 21.4 Å². The predicted octanol–water partition coefficient (Wildman–Crippen LogP) is 1.48. The third-order valence-corrected chi connectivity index (χ3v) is 5.56. The molecule has 1 saturated heterocycles. The number of carbonyl (C=O) groups excluding carboxylic acids is 1. The molecule has 25 heavy (non-hydrogen) atoms. The van der Waals surface area contributed by atoms with Gasteiger partial charge in [-0.05, 0) is 30.5 Å². The van der Waals surface area contributed by atoms with Crippen LogP contribution >= 0.6 is 0 Å². The Bertz CT molecular complexity index is 699. The molecule has 1 aliphatic heterocycles. The van der Waals surface area contributed by atoms with Gasteiger partial charge in [0.2, 0.25) is 15.9 Å². The maximum absolute atomic E-state index is 12.2. The van der Waals surface area contributed by atoms with Gasteiger partial charge in [0, 0.05) is 32.6 Å². The molecule has 1 heterocycles. The number of methoxy groups -OCH3 is 2. The van der Waals surface area contributed by atoms with E-state index >= 15 is 0 Å². The highest BCUT2D eigenvalue weighted by Gasteiger charge is 2.22. The van der Waals surface area contributed by atoms with Crippen LogP contribution in [0.4, 0.5) is 0 Å². The Morgan fingerprint density at radius 3 is 2.36 bits per heavy atom. The summed E-state index contributed by atoms with van der Waals surface area (Å²) in [7, 11) is -0.349. The van der Waals surface area contributed by atoms with Gasteiger partial charge in [-0.3, -0.25) is 4.79 Å². The van der Waals surface area contributed by atoms with Gasteiger partial charge in [0.15, 0.2) is 11.5 Å². The molecule has 0 atom stereocenters. The van der Waals surface area contributed by atoms with E-state index < -0.39 is 10.0 Å². The summed E-state index contributed by atoms with van der Waals surface area (Å²) < 4.78 is 36.0. The molecule has 0 unspecified atom stereocenters. The van der Waals surface area contributed by atoms with Crippen molar-refractivity contribution in [3.05, 3.63) is 23.8 Å². The fraction of sp³-hybridized carbons (Fsp3) is 0.588. The molecule has 0 bridgehead atoms. The van der Waals surface area contributed by atoms with Crippen LogP contribution in [0.5, 0.6) is 11.5 Å². The van der Waals surface area contributed by atoms with Crippen LogP contribution in [0.3, 0.4) is 0 Å². The quantitative estimate of drug-likeness (QED) is 0.693. The molecular weight excluding hydrogens is 344 g/mol. The second-order valence-corrected chi connectivity index (χ2v) is 8.11. The van der Waals surface area contributed by atoms with Crippen molar-refractivity contribution in [1.29, 1.82) is 0 Å². The van der Waals surface area contributed by atoms with E-state index in [-0.39, 0.29) is 25.4 Å². The van der Waals surface area contributed by atoms with Gasteiger partial charge in [0.05, 0.1) is 20.5 Å². The normalized spacial score (nSPS) is 14.8. The molecule has 8 heteroatoms. The summed E-state index contributed by atoms with van der Waals surface area (Å²) >= 11 is 0. The lowest BCUT2D eigenvalue weighted by atomic mass is 10.2. The van der Waals surface area contributed by atoms with E-state index in [0.29, 0.717) is 11.5 Å². The van der Waals surface area contributed by atoms with E-state index in [9.17, 15) is 13.2 Å². The zero-order valence-corrected chi connectivity index (χ0v) is 15.8. The van der Waals surface area contributed by atoms with Crippen molar-refractivity contribution < 1.29 is 22.7 Å². The Labute approximate surface area is 149 Å². The van der Waals surface area contributed by atoms with Crippen LogP contribution in [0, 0.1) is 0 Å². The molecule has 1 aromatic rings. The maximum atomic E-state index is 12.2. The summed E-state index contributed by atoms with van der Waals surface area (Å²) in [6.45, 7) is 1.90. The third kappa shape index (κ3) is 5.34. The van der Waals surface area contributed by atoms with Crippen LogP contribution in [0.1, 0.15) is 24.8 Å². The molecule has 0 aromatic heterocycles. The number of nitrogens with zero attached hydrogens (tertiary/aromatic N) is 2. The van der Waals surface area contributed by atoms with Crippen molar-refractivity contribution in [2.24, 2.45) is 0 Å². The largest absolute Gasteiger partial charge is 0.493 e. The highest BCUT2D eigenvalue weighted by atomic mass is 32.2. The smallest absolute Gasteiger partial charge is 0.223 e. The highest BCUT2D eigenvalue weighted by Crippen LogP contribution is 2.28. The lowest BCUT2D eigenvalue weighted by Gasteiger charge is -2.22. The average molecular weight is 370 g/mol. The Morgan fingerprint density at radius 2 is 1.80 bits per heavy atom. The van der Waals surface area contributed by atoms with Crippen LogP contribution < -0.4 is 9.47 Å². The molecular formula is C17H26N2O5S. The van der Waals surface area contributed by atoms with E-state index in [2.05, 4.69) is 0 Å². The van der Waals surface area contributed by atoms with Gasteiger partial charge >= 0.3 is 0 Å². The Morgan fingerprint density at radius 1 is 1.16 bits per heavy atom. The van der Waals surface area contributed by atoms with Gasteiger partial charge in [-0.25, -0.2) is 8.42 Å². The van der Waals surface area contributed by atoms with E-state index in [1.807, 2.05) is 0 Å². The van der Waals surface area contributed by atoms with Gasteiger partial charge in [-0.2, -0.15) is 4.31 Å². The molecule has 1 aliphatic rings. The second-order valence-electron chi connectivity index (χ2n) is 6.12. The van der Waals surface area contributed by atoms with Crippen molar-refractivity contribution >= 4 is 15.9 Å². The zero-order valence-electron chi connectivity index (χ0n) is 15.0. The summed E-state index contributed by atoms with van der Waals surface area (Å²) in [4.78, 5) is 14.0. The summed E-state index contributed by atoms with van der Waals surface area (Å²) in [5, 5.41) is 0. The molecule has 140 valence electrons. The molecule has 1 fully saturated rings. The monoisotopic (exact) mass is 370 g/mol. The first-order chi connectivity index (χ1) is 11.8. The Kier molecular flexibility index (Phi) is 6.66. The number of carbonyl (C=O) groups is 1. The first kappa shape index (κ1) is 19.5. The summed E-state index contributed by atoms with van der Waals surface area (Å²) in [5.41, 5.74) is 0.775. The maximum Gasteiger partial charge on any atom is 0.223 e. The number of benzene rings is 1. The number of ether oxygens (including phenoxy) is 2. The molecule has 0 radical (unpaired) electrons. The van der Waals surface area contributed by atoms with Gasteiger partial charge in [0.25, 0.3) is 0 Å². The number of amides is 1. The van der Waals surface area contributed by atoms with Crippen molar-refractivity contribution in [3.63, 3.8) is 0 Å². The molecule has 1 aromatic carbocycles. The van der Waals surface area contributed by atoms with Crippen LogP contribution in [0.25, 0.3) is 0 Å². The molecule has 0 N–H and O–H groups in total. The zero-order chi connectivity index (χ0) is 18.4. The molecule has 2 rings (SSSR count). The summed E-state index contributed by atoms with van der Waals surface area (Å²) in [6.07, 6.45) is 3.40. The minimum atomic E-state index is -3.43. The molecule has 7 nitrogen and oxygen atoms in total. The Hall–Kier alpha value is -1.80. The van der Waals surface area contributed by atoms with E-state index in [0.717, 1.165) is 37.8 Å². The molecule has 0 saturated carbocycles. The number of hydrogen-bond acceptors (Lipinski definition) is 5. The average Bonchev–Trinajstić information content (AvgIpc) is 3.11. The Balaban J connectivity index is 2.06. The molecule has 0 aliphatic carbocycles. The van der Waals surface area contributed by atoms with Crippen molar-refractivity contribution in [3.8, 4) is 11.5 Å². The van der Waals surface area contributed by atoms with Crippen LogP contribution in [0.15, 0.2) is 18.2 Å². The van der Waals surface area contributed by atoms with Crippen molar-refractivity contribution in [2.75, 3.05) is 40.1 Å². The first-order valence-corrected chi connectivity index (χ1v) is 10.1. The fourth-order valence-corrected chi connectivity index (χ4v) is 3.70. The SMILES string of the molecule is COc1ccc(CN(CCC(=O)N2CCCC2)S(C)(=O)=O)cc1OC. The highest BCUT2D eigenvalue weighted by molar-refractivity contribution is 7.88. The van der Waals surface area contributed by atoms with Gasteiger partial charge < -0.3 is 14.4 Å². The van der Waals surface area contributed by atoms with Crippen LogP contribution in [-0.4, -0.2) is 63.6 Å². The number of likely N-dealkylation sites (tertiary alicyclic amines) is 1. The van der Waals surface area contributed by atoms with Gasteiger partial charge in [0.1, 0.15) is 0 Å². The van der Waals surface area contributed by atoms with Crippen molar-refractivity contribution in [1.82, 2.24) is 9.21 Å². The minimum absolute atomic E-state index is 0.0125. The van der Waals surface area contributed by atoms with E-state index in [4.69, 9.17) is 9.47 Å². The van der Waals surface area contributed by atoms with E-state index in [1.165, 1.54) is 11.4 Å². The third-order valence-electron chi connectivity index (χ3n) is 4.31. The van der Waals surface area contributed by atoms with Crippen molar-refractivity contribution in [2.45, 2.75) is 25.8 Å². The fourth-order valence-electron chi connectivity index (χ4n) is 2.89. The minimum Gasteiger partial charge on any atom is -0.493 e. The topological polar surface area (TPSA) is 76.2 Å². The first-order valence-electron chi connectivity index (χ1n) is 8.29. The predicted molar refractivity (Wildman–Crippen MR) is 95.2 cm³/mol. The number of hydrogen-bond donors (Lipinski definition) is 0. The standard InChI is InChI=1S/C17H26N2O5S/c1-23-15-7-6-14(12-16(15)24-2)13-19(25(3,21)22)11-8-17(20)18-9-4-5-10-18/h6-7,12H,4-5,8-11,13H2,1-3H3. The second kappa shape index (κ2) is 8.53. The summed E-state index contributed by atoms with van der Waals surface area (Å²) in [5.74, 6) is 1.14. The summed E-state index contributed by atoms with van der Waals surface area (Å²) in [6, 6.07) is 5.28. The lowest BCUT2D eigenvalue weighted by Crippen LogP contribution is -2.35. The number of rotatable bonds is 8. The van der Waals surface area contributed by atoms with E-state index in [1.54, 1.807) is 30.2 Å². The van der Waals surface area contributed by atoms with Crippen LogP contribution in [0.2, 0.25) is 0 Å². The van der Waals surface area contributed by atoms with Gasteiger partial charge in [-0.1, -0.05) is 6.07 Å². The van der Waals surface area contributed by atoms with Gasteiger partial charge in [-0.15, -0.1) is 0 Å². The molecule has 0 spiro atoms.